The van der Waals surface area contributed by atoms with E-state index in [-0.39, 0.29) is 11.8 Å². The molecule has 2 N–H and O–H groups in total. The molecule has 0 unspecified atom stereocenters. The molecule has 0 saturated heterocycles. The first-order valence-electron chi connectivity index (χ1n) is 9.95. The predicted octanol–water partition coefficient (Wildman–Crippen LogP) is 3.46. The molecule has 158 valence electrons. The molecule has 0 bridgehead atoms. The third-order valence-corrected chi connectivity index (χ3v) is 6.15. The lowest BCUT2D eigenvalue weighted by atomic mass is 10.1. The van der Waals surface area contributed by atoms with Crippen LogP contribution in [0.1, 0.15) is 6.92 Å². The lowest BCUT2D eigenvalue weighted by Gasteiger charge is -2.13. The van der Waals surface area contributed by atoms with Crippen LogP contribution >= 0.6 is 11.3 Å². The monoisotopic (exact) mass is 443 g/mol. The van der Waals surface area contributed by atoms with E-state index in [9.17, 15) is 9.59 Å². The van der Waals surface area contributed by atoms with Gasteiger partial charge in [0, 0.05) is 28.2 Å². The molecule has 8 heteroatoms. The smallest absolute Gasteiger partial charge is 0.303 e. The first-order valence-corrected chi connectivity index (χ1v) is 10.8. The van der Waals surface area contributed by atoms with Gasteiger partial charge in [0.2, 0.25) is 0 Å². The van der Waals surface area contributed by atoms with E-state index in [2.05, 4.69) is 0 Å². The van der Waals surface area contributed by atoms with Crippen molar-refractivity contribution in [1.82, 2.24) is 15.0 Å². The molecule has 4 aromatic rings. The van der Waals surface area contributed by atoms with Crippen LogP contribution in [0.5, 0.6) is 5.75 Å². The summed E-state index contributed by atoms with van der Waals surface area (Å²) in [5.41, 5.74) is 4.71. The number of amides is 2. The van der Waals surface area contributed by atoms with Crippen molar-refractivity contribution < 1.29 is 19.8 Å². The van der Waals surface area contributed by atoms with Crippen molar-refractivity contribution in [3.8, 4) is 28.3 Å². The van der Waals surface area contributed by atoms with Gasteiger partial charge in [-0.15, -0.1) is 16.3 Å². The molecule has 2 aromatic carbocycles. The fourth-order valence-electron chi connectivity index (χ4n) is 3.61. The molecule has 2 amide bonds. The number of fused-ring (bicyclic) bond motifs is 1. The number of benzene rings is 2. The largest absolute Gasteiger partial charge is 0.497 e. The highest BCUT2D eigenvalue weighted by Crippen LogP contribution is 2.37. The van der Waals surface area contributed by atoms with Gasteiger partial charge in [0.1, 0.15) is 16.0 Å². The normalized spacial score (nSPS) is 13.7. The molecule has 0 saturated carbocycles. The van der Waals surface area contributed by atoms with Crippen molar-refractivity contribution in [2.24, 2.45) is 0 Å². The zero-order chi connectivity index (χ0) is 22.2. The summed E-state index contributed by atoms with van der Waals surface area (Å²) in [7, 11) is 1.61. The highest BCUT2D eigenvalue weighted by molar-refractivity contribution is 7.17. The quantitative estimate of drug-likeness (QED) is 0.290. The van der Waals surface area contributed by atoms with E-state index >= 15 is 0 Å². The molecule has 5 rings (SSSR count). The van der Waals surface area contributed by atoms with E-state index in [4.69, 9.17) is 14.7 Å². The Bertz CT molecular complexity index is 1380. The second-order valence-corrected chi connectivity index (χ2v) is 8.18. The van der Waals surface area contributed by atoms with Gasteiger partial charge in [-0.3, -0.25) is 9.59 Å². The first-order chi connectivity index (χ1) is 15.5. The topological polar surface area (TPSA) is 89.0 Å². The first kappa shape index (κ1) is 20.0. The Kier molecular flexibility index (Phi) is 5.01. The summed E-state index contributed by atoms with van der Waals surface area (Å²) < 4.78 is 5.24. The minimum absolute atomic E-state index is 0.343. The number of carbonyl (C=O) groups is 2. The van der Waals surface area contributed by atoms with Gasteiger partial charge in [-0.1, -0.05) is 30.3 Å². The number of hydrogen-bond acceptors (Lipinski definition) is 6. The SMILES string of the molecule is COc1ccc(-c2nc([NH2+]N3C(=O)C=C(C)C3=O)c3c(-c4ccccc4)csc3n2)cc1. The van der Waals surface area contributed by atoms with Crippen LogP contribution in [-0.2, 0) is 9.59 Å². The fourth-order valence-corrected chi connectivity index (χ4v) is 4.57. The molecule has 0 radical (unpaired) electrons. The third-order valence-electron chi connectivity index (χ3n) is 5.28. The molecule has 3 heterocycles. The summed E-state index contributed by atoms with van der Waals surface area (Å²) in [6, 6.07) is 17.4. The summed E-state index contributed by atoms with van der Waals surface area (Å²) in [6.07, 6.45) is 1.34. The van der Waals surface area contributed by atoms with Gasteiger partial charge >= 0.3 is 11.8 Å². The molecular weight excluding hydrogens is 424 g/mol. The predicted molar refractivity (Wildman–Crippen MR) is 122 cm³/mol. The molecule has 7 nitrogen and oxygen atoms in total. The van der Waals surface area contributed by atoms with Crippen LogP contribution in [0.3, 0.4) is 0 Å². The van der Waals surface area contributed by atoms with E-state index in [1.165, 1.54) is 22.8 Å². The highest BCUT2D eigenvalue weighted by Gasteiger charge is 2.34. The number of imide groups is 1. The number of carbonyl (C=O) groups excluding carboxylic acids is 2. The number of thiophene rings is 1. The number of hydrogen-bond donors (Lipinski definition) is 1. The molecule has 0 aliphatic carbocycles. The summed E-state index contributed by atoms with van der Waals surface area (Å²) >= 11 is 1.50. The van der Waals surface area contributed by atoms with E-state index in [1.54, 1.807) is 14.0 Å². The van der Waals surface area contributed by atoms with Crippen LogP contribution in [0.4, 0.5) is 5.82 Å². The van der Waals surface area contributed by atoms with Crippen LogP contribution in [0, 0.1) is 0 Å². The van der Waals surface area contributed by atoms with Gasteiger partial charge in [-0.05, 0) is 36.8 Å². The summed E-state index contributed by atoms with van der Waals surface area (Å²) in [4.78, 5) is 35.3. The second kappa shape index (κ2) is 7.99. The Labute approximate surface area is 188 Å². The van der Waals surface area contributed by atoms with Crippen molar-refractivity contribution in [3.63, 3.8) is 0 Å². The summed E-state index contributed by atoms with van der Waals surface area (Å²) in [5.74, 6) is 1.05. The average molecular weight is 444 g/mol. The van der Waals surface area contributed by atoms with Gasteiger partial charge in [-0.2, -0.15) is 10.4 Å². The zero-order valence-corrected chi connectivity index (χ0v) is 18.2. The molecule has 1 aliphatic rings. The molecule has 1 aliphatic heterocycles. The highest BCUT2D eigenvalue weighted by atomic mass is 32.1. The number of methoxy groups -OCH3 is 1. The fraction of sp³-hybridized carbons (Fsp3) is 0.0833. The minimum atomic E-state index is -0.373. The molecule has 0 spiro atoms. The van der Waals surface area contributed by atoms with Crippen molar-refractivity contribution >= 4 is 39.2 Å². The average Bonchev–Trinajstić information content (AvgIpc) is 3.36. The standard InChI is InChI=1S/C24H18N4O3S/c1-14-12-19(29)28(24(14)30)27-22-20-18(15-6-4-3-5-7-15)13-32-23(20)26-21(25-22)16-8-10-17(31-2)11-9-16/h3-13H,1-2H3,(H,25,26,27)/p+1. The third kappa shape index (κ3) is 3.45. The van der Waals surface area contributed by atoms with Gasteiger partial charge in [0.25, 0.3) is 5.82 Å². The van der Waals surface area contributed by atoms with E-state index in [0.29, 0.717) is 17.2 Å². The van der Waals surface area contributed by atoms with Crippen molar-refractivity contribution in [3.05, 3.63) is 71.6 Å². The van der Waals surface area contributed by atoms with Crippen LogP contribution in [-0.4, -0.2) is 33.9 Å². The van der Waals surface area contributed by atoms with Crippen LogP contribution in [0.25, 0.3) is 32.7 Å². The summed E-state index contributed by atoms with van der Waals surface area (Å²) in [6.45, 7) is 1.63. The number of rotatable bonds is 5. The molecular formula is C24H19N4O3S+. The lowest BCUT2D eigenvalue weighted by molar-refractivity contribution is -0.699. The Morgan fingerprint density at radius 3 is 2.38 bits per heavy atom. The van der Waals surface area contributed by atoms with Crippen LogP contribution < -0.4 is 10.2 Å². The Morgan fingerprint density at radius 1 is 0.969 bits per heavy atom. The Morgan fingerprint density at radius 2 is 1.72 bits per heavy atom. The number of nitrogens with zero attached hydrogens (tertiary/aromatic N) is 3. The van der Waals surface area contributed by atoms with Crippen molar-refractivity contribution in [1.29, 1.82) is 0 Å². The van der Waals surface area contributed by atoms with E-state index in [1.807, 2.05) is 60.0 Å². The lowest BCUT2D eigenvalue weighted by Crippen LogP contribution is -2.90. The number of ether oxygens (including phenoxy) is 1. The van der Waals surface area contributed by atoms with E-state index < -0.39 is 0 Å². The summed E-state index contributed by atoms with van der Waals surface area (Å²) in [5, 5.41) is 3.95. The molecule has 32 heavy (non-hydrogen) atoms. The Balaban J connectivity index is 1.67. The van der Waals surface area contributed by atoms with Crippen LogP contribution in [0.15, 0.2) is 71.6 Å². The maximum absolute atomic E-state index is 12.5. The zero-order valence-electron chi connectivity index (χ0n) is 17.4. The molecule has 2 aromatic heterocycles. The second-order valence-electron chi connectivity index (χ2n) is 7.33. The molecule has 0 fully saturated rings. The van der Waals surface area contributed by atoms with Crippen LogP contribution in [0.2, 0.25) is 0 Å². The van der Waals surface area contributed by atoms with Gasteiger partial charge in [0.15, 0.2) is 5.82 Å². The number of nitrogens with two attached hydrogens (primary N) is 1. The van der Waals surface area contributed by atoms with Crippen molar-refractivity contribution in [2.75, 3.05) is 7.11 Å². The van der Waals surface area contributed by atoms with Gasteiger partial charge in [0.05, 0.1) is 7.11 Å². The maximum atomic E-state index is 12.5. The van der Waals surface area contributed by atoms with E-state index in [0.717, 1.165) is 37.7 Å². The Hall–Kier alpha value is -3.88. The van der Waals surface area contributed by atoms with Gasteiger partial charge in [-0.25, -0.2) is 4.98 Å². The maximum Gasteiger partial charge on any atom is 0.303 e. The van der Waals surface area contributed by atoms with Crippen molar-refractivity contribution in [2.45, 2.75) is 6.92 Å². The number of aromatic nitrogens is 2. The molecule has 0 atom stereocenters. The minimum Gasteiger partial charge on any atom is -0.497 e. The number of quaternary nitrogens is 1. The van der Waals surface area contributed by atoms with Gasteiger partial charge < -0.3 is 4.74 Å².